The molecule has 0 fully saturated rings. The Labute approximate surface area is 55.5 Å². The van der Waals surface area contributed by atoms with Crippen molar-refractivity contribution >= 4 is 0 Å². The summed E-state index contributed by atoms with van der Waals surface area (Å²) in [6.45, 7) is 1.93. The Hall–Kier alpha value is -1.18. The zero-order valence-electron chi connectivity index (χ0n) is 5.54. The summed E-state index contributed by atoms with van der Waals surface area (Å²) in [5, 5.41) is 0. The fourth-order valence-electron chi connectivity index (χ4n) is 0.374. The molecule has 0 aliphatic heterocycles. The largest absolute Gasteiger partial charge is 0.405 e. The van der Waals surface area contributed by atoms with E-state index in [-0.39, 0.29) is 0 Å². The van der Waals surface area contributed by atoms with Crippen molar-refractivity contribution in [1.82, 2.24) is 0 Å². The van der Waals surface area contributed by atoms with Crippen LogP contribution in [0.3, 0.4) is 0 Å². The molecule has 0 rings (SSSR count). The highest BCUT2D eigenvalue weighted by Crippen LogP contribution is 1.84. The number of allylic oxidation sites excluding steroid dienone is 4. The lowest BCUT2D eigenvalue weighted by molar-refractivity contribution is 1.40. The summed E-state index contributed by atoms with van der Waals surface area (Å²) < 4.78 is 0. The predicted molar refractivity (Wildman–Crippen MR) is 40.4 cm³/mol. The Morgan fingerprint density at radius 2 is 2.11 bits per heavy atom. The molecule has 50 valence electrons. The minimum absolute atomic E-state index is 0.663. The number of hydrogen-bond acceptors (Lipinski definition) is 2. The van der Waals surface area contributed by atoms with Crippen LogP contribution in [0, 0.1) is 0 Å². The van der Waals surface area contributed by atoms with Crippen molar-refractivity contribution in [3.63, 3.8) is 0 Å². The molecule has 0 saturated heterocycles. The van der Waals surface area contributed by atoms with Crippen LogP contribution in [-0.2, 0) is 0 Å². The molecule has 9 heavy (non-hydrogen) atoms. The van der Waals surface area contributed by atoms with Crippen molar-refractivity contribution in [2.75, 3.05) is 0 Å². The van der Waals surface area contributed by atoms with Crippen LogP contribution in [0.5, 0.6) is 0 Å². The van der Waals surface area contributed by atoms with Gasteiger partial charge in [-0.15, -0.1) is 0 Å². The van der Waals surface area contributed by atoms with Crippen LogP contribution in [0.4, 0.5) is 0 Å². The lowest BCUT2D eigenvalue weighted by atomic mass is 10.4. The zero-order chi connectivity index (χ0) is 7.11. The van der Waals surface area contributed by atoms with Gasteiger partial charge in [-0.3, -0.25) is 0 Å². The van der Waals surface area contributed by atoms with E-state index in [1.807, 2.05) is 19.1 Å². The van der Waals surface area contributed by atoms with Gasteiger partial charge in [-0.25, -0.2) is 0 Å². The van der Waals surface area contributed by atoms with Crippen LogP contribution in [0.1, 0.15) is 6.92 Å². The number of rotatable bonds is 2. The van der Waals surface area contributed by atoms with Crippen LogP contribution in [-0.4, -0.2) is 0 Å². The van der Waals surface area contributed by atoms with Crippen molar-refractivity contribution in [3.05, 3.63) is 36.2 Å². The molecule has 0 atom stereocenters. The Balaban J connectivity index is 3.84. The van der Waals surface area contributed by atoms with E-state index in [0.29, 0.717) is 5.70 Å². The zero-order valence-corrected chi connectivity index (χ0v) is 5.54. The van der Waals surface area contributed by atoms with Gasteiger partial charge < -0.3 is 11.5 Å². The molecule has 0 bridgehead atoms. The molecule has 0 saturated carbocycles. The topological polar surface area (TPSA) is 52.0 Å². The Kier molecular flexibility index (Phi) is 4.32. The van der Waals surface area contributed by atoms with E-state index in [1.165, 1.54) is 6.20 Å². The Morgan fingerprint density at radius 1 is 1.44 bits per heavy atom. The van der Waals surface area contributed by atoms with E-state index in [4.69, 9.17) is 11.5 Å². The molecule has 0 aromatic carbocycles. The second-order valence-corrected chi connectivity index (χ2v) is 1.55. The van der Waals surface area contributed by atoms with Crippen molar-refractivity contribution < 1.29 is 0 Å². The fraction of sp³-hybridized carbons (Fsp3) is 0.143. The van der Waals surface area contributed by atoms with E-state index < -0.39 is 0 Å². The molecular weight excluding hydrogens is 112 g/mol. The molecule has 0 heterocycles. The van der Waals surface area contributed by atoms with Crippen LogP contribution < -0.4 is 11.5 Å². The van der Waals surface area contributed by atoms with Gasteiger partial charge in [0.15, 0.2) is 0 Å². The summed E-state index contributed by atoms with van der Waals surface area (Å²) in [4.78, 5) is 0. The van der Waals surface area contributed by atoms with Gasteiger partial charge in [0.25, 0.3) is 0 Å². The van der Waals surface area contributed by atoms with Crippen molar-refractivity contribution in [3.8, 4) is 0 Å². The average Bonchev–Trinajstić information content (AvgIpc) is 1.85. The van der Waals surface area contributed by atoms with Gasteiger partial charge in [0.2, 0.25) is 0 Å². The van der Waals surface area contributed by atoms with E-state index in [9.17, 15) is 0 Å². The van der Waals surface area contributed by atoms with Crippen LogP contribution in [0.15, 0.2) is 36.2 Å². The number of hydrogen-bond donors (Lipinski definition) is 2. The molecule has 0 aliphatic rings. The third kappa shape index (κ3) is 4.68. The molecule has 0 aromatic rings. The van der Waals surface area contributed by atoms with Gasteiger partial charge in [0.05, 0.1) is 0 Å². The highest BCUT2D eigenvalue weighted by molar-refractivity contribution is 5.19. The maximum absolute atomic E-state index is 5.41. The maximum atomic E-state index is 5.41. The van der Waals surface area contributed by atoms with Crippen molar-refractivity contribution in [1.29, 1.82) is 0 Å². The second kappa shape index (κ2) is 4.97. The monoisotopic (exact) mass is 124 g/mol. The normalized spacial score (nSPS) is 13.7. The molecule has 0 spiro atoms. The first-order valence-corrected chi connectivity index (χ1v) is 2.78. The Bertz CT molecular complexity index is 143. The molecule has 0 unspecified atom stereocenters. The molecule has 2 heteroatoms. The summed E-state index contributed by atoms with van der Waals surface area (Å²) in [7, 11) is 0. The first-order valence-electron chi connectivity index (χ1n) is 2.78. The van der Waals surface area contributed by atoms with Crippen molar-refractivity contribution in [2.24, 2.45) is 11.5 Å². The lowest BCUT2D eigenvalue weighted by Crippen LogP contribution is -1.92. The molecular formula is C7H12N2. The van der Waals surface area contributed by atoms with E-state index >= 15 is 0 Å². The average molecular weight is 124 g/mol. The minimum atomic E-state index is 0.663. The fourth-order valence-corrected chi connectivity index (χ4v) is 0.374. The minimum Gasteiger partial charge on any atom is -0.405 e. The van der Waals surface area contributed by atoms with Gasteiger partial charge in [-0.1, -0.05) is 12.2 Å². The molecule has 0 amide bonds. The third-order valence-corrected chi connectivity index (χ3v) is 0.770. The standard InChI is InChI=1S/C7H12N2/c1-2-3-4-7(9)5-6-8/h2-6H,8-9H2,1H3/b3-2+,6-5+,7-4+. The first-order chi connectivity index (χ1) is 4.31. The quantitative estimate of drug-likeness (QED) is 0.537. The summed E-state index contributed by atoms with van der Waals surface area (Å²) in [5.74, 6) is 0. The molecule has 0 aliphatic carbocycles. The SMILES string of the molecule is C/C=C/C=C(N)\C=C\N. The first kappa shape index (κ1) is 7.82. The molecule has 0 aromatic heterocycles. The number of nitrogens with two attached hydrogens (primary N) is 2. The van der Waals surface area contributed by atoms with E-state index in [1.54, 1.807) is 12.2 Å². The van der Waals surface area contributed by atoms with Crippen molar-refractivity contribution in [2.45, 2.75) is 6.92 Å². The maximum Gasteiger partial charge on any atom is 0.0328 e. The van der Waals surface area contributed by atoms with Gasteiger partial charge in [-0.05, 0) is 25.3 Å². The molecule has 0 radical (unpaired) electrons. The van der Waals surface area contributed by atoms with Gasteiger partial charge in [-0.2, -0.15) is 0 Å². The summed E-state index contributed by atoms with van der Waals surface area (Å²) in [6.07, 6.45) is 8.59. The van der Waals surface area contributed by atoms with Crippen LogP contribution in [0.25, 0.3) is 0 Å². The molecule has 2 nitrogen and oxygen atoms in total. The summed E-state index contributed by atoms with van der Waals surface area (Å²) >= 11 is 0. The summed E-state index contributed by atoms with van der Waals surface area (Å²) in [6, 6.07) is 0. The van der Waals surface area contributed by atoms with Gasteiger partial charge >= 0.3 is 0 Å². The van der Waals surface area contributed by atoms with Gasteiger partial charge in [0, 0.05) is 5.70 Å². The third-order valence-electron chi connectivity index (χ3n) is 0.770. The smallest absolute Gasteiger partial charge is 0.0328 e. The highest BCUT2D eigenvalue weighted by Gasteiger charge is 1.73. The second-order valence-electron chi connectivity index (χ2n) is 1.55. The van der Waals surface area contributed by atoms with Crippen LogP contribution >= 0.6 is 0 Å². The van der Waals surface area contributed by atoms with Crippen LogP contribution in [0.2, 0.25) is 0 Å². The van der Waals surface area contributed by atoms with E-state index in [2.05, 4.69) is 0 Å². The van der Waals surface area contributed by atoms with Gasteiger partial charge in [0.1, 0.15) is 0 Å². The predicted octanol–water partition coefficient (Wildman–Crippen LogP) is 0.878. The Morgan fingerprint density at radius 3 is 2.56 bits per heavy atom. The highest BCUT2D eigenvalue weighted by atomic mass is 14.6. The van der Waals surface area contributed by atoms with E-state index in [0.717, 1.165) is 0 Å². The molecule has 4 N–H and O–H groups in total. The lowest BCUT2D eigenvalue weighted by Gasteiger charge is -1.84. The summed E-state index contributed by atoms with van der Waals surface area (Å²) in [5.41, 5.74) is 11.2.